The highest BCUT2D eigenvalue weighted by atomic mass is 32.1. The lowest BCUT2D eigenvalue weighted by molar-refractivity contribution is 0.0626. The van der Waals surface area contributed by atoms with Crippen LogP contribution in [-0.2, 0) is 4.74 Å². The SMILES string of the molecule is CCOC(CN)CCNC(CC)c1nccs1. The average Bonchev–Trinajstić information content (AvgIpc) is 2.87. The van der Waals surface area contributed by atoms with Crippen molar-refractivity contribution in [1.82, 2.24) is 10.3 Å². The molecule has 0 bridgehead atoms. The van der Waals surface area contributed by atoms with Gasteiger partial charge < -0.3 is 15.8 Å². The van der Waals surface area contributed by atoms with Crippen LogP contribution in [0.15, 0.2) is 11.6 Å². The first-order valence-corrected chi connectivity index (χ1v) is 7.14. The molecular weight excluding hydrogens is 234 g/mol. The van der Waals surface area contributed by atoms with Gasteiger partial charge in [-0.3, -0.25) is 0 Å². The van der Waals surface area contributed by atoms with E-state index in [-0.39, 0.29) is 6.10 Å². The molecule has 2 atom stereocenters. The Morgan fingerprint density at radius 1 is 1.53 bits per heavy atom. The summed E-state index contributed by atoms with van der Waals surface area (Å²) in [6, 6.07) is 0.357. The van der Waals surface area contributed by atoms with Gasteiger partial charge in [-0.05, 0) is 26.3 Å². The third-order valence-electron chi connectivity index (χ3n) is 2.68. The molecule has 0 aliphatic rings. The summed E-state index contributed by atoms with van der Waals surface area (Å²) in [6.07, 6.45) is 4.02. The van der Waals surface area contributed by atoms with Crippen LogP contribution in [0.5, 0.6) is 0 Å². The molecule has 1 rings (SSSR count). The predicted octanol–water partition coefficient (Wildman–Crippen LogP) is 1.94. The molecule has 0 amide bonds. The van der Waals surface area contributed by atoms with E-state index in [0.29, 0.717) is 12.6 Å². The van der Waals surface area contributed by atoms with Crippen molar-refractivity contribution in [2.24, 2.45) is 5.73 Å². The summed E-state index contributed by atoms with van der Waals surface area (Å²) in [5.41, 5.74) is 5.64. The van der Waals surface area contributed by atoms with Gasteiger partial charge in [-0.15, -0.1) is 11.3 Å². The molecule has 1 aromatic rings. The lowest BCUT2D eigenvalue weighted by Crippen LogP contribution is -2.30. The van der Waals surface area contributed by atoms with Crippen LogP contribution < -0.4 is 11.1 Å². The maximum absolute atomic E-state index is 5.64. The van der Waals surface area contributed by atoms with E-state index >= 15 is 0 Å². The molecule has 0 saturated heterocycles. The minimum atomic E-state index is 0.168. The molecular formula is C12H23N3OS. The molecule has 0 spiro atoms. The fraction of sp³-hybridized carbons (Fsp3) is 0.750. The van der Waals surface area contributed by atoms with Gasteiger partial charge >= 0.3 is 0 Å². The fourth-order valence-corrected chi connectivity index (χ4v) is 2.53. The van der Waals surface area contributed by atoms with Gasteiger partial charge in [0.05, 0.1) is 12.1 Å². The van der Waals surface area contributed by atoms with E-state index in [4.69, 9.17) is 10.5 Å². The summed E-state index contributed by atoms with van der Waals surface area (Å²) < 4.78 is 5.52. The second kappa shape index (κ2) is 8.58. The van der Waals surface area contributed by atoms with Crippen LogP contribution in [-0.4, -0.2) is 30.8 Å². The number of nitrogens with zero attached hydrogens (tertiary/aromatic N) is 1. The van der Waals surface area contributed by atoms with E-state index in [9.17, 15) is 0 Å². The van der Waals surface area contributed by atoms with E-state index in [1.165, 1.54) is 0 Å². The minimum Gasteiger partial charge on any atom is -0.377 e. The summed E-state index contributed by atoms with van der Waals surface area (Å²) in [7, 11) is 0. The zero-order chi connectivity index (χ0) is 12.5. The Labute approximate surface area is 108 Å². The lowest BCUT2D eigenvalue weighted by atomic mass is 10.2. The summed E-state index contributed by atoms with van der Waals surface area (Å²) >= 11 is 1.70. The number of nitrogens with one attached hydrogen (secondary N) is 1. The van der Waals surface area contributed by atoms with E-state index < -0.39 is 0 Å². The lowest BCUT2D eigenvalue weighted by Gasteiger charge is -2.18. The Morgan fingerprint density at radius 3 is 2.88 bits per heavy atom. The summed E-state index contributed by atoms with van der Waals surface area (Å²) in [5, 5.41) is 6.68. The van der Waals surface area contributed by atoms with Crippen molar-refractivity contribution in [3.8, 4) is 0 Å². The normalized spacial score (nSPS) is 14.8. The van der Waals surface area contributed by atoms with Crippen molar-refractivity contribution in [2.75, 3.05) is 19.7 Å². The van der Waals surface area contributed by atoms with Gasteiger partial charge in [0.15, 0.2) is 0 Å². The monoisotopic (exact) mass is 257 g/mol. The molecule has 0 aromatic carbocycles. The highest BCUT2D eigenvalue weighted by Gasteiger charge is 2.12. The van der Waals surface area contributed by atoms with Crippen LogP contribution >= 0.6 is 11.3 Å². The van der Waals surface area contributed by atoms with Crippen LogP contribution in [0.3, 0.4) is 0 Å². The predicted molar refractivity (Wildman–Crippen MR) is 72.2 cm³/mol. The highest BCUT2D eigenvalue weighted by molar-refractivity contribution is 7.09. The third-order valence-corrected chi connectivity index (χ3v) is 3.57. The minimum absolute atomic E-state index is 0.168. The molecule has 0 aliphatic carbocycles. The van der Waals surface area contributed by atoms with Gasteiger partial charge in [0.25, 0.3) is 0 Å². The Morgan fingerprint density at radius 2 is 2.35 bits per heavy atom. The second-order valence-corrected chi connectivity index (χ2v) is 4.81. The van der Waals surface area contributed by atoms with Crippen molar-refractivity contribution in [2.45, 2.75) is 38.8 Å². The van der Waals surface area contributed by atoms with E-state index in [0.717, 1.165) is 31.0 Å². The summed E-state index contributed by atoms with van der Waals surface area (Å²) in [6.45, 7) is 6.40. The fourth-order valence-electron chi connectivity index (χ4n) is 1.74. The maximum Gasteiger partial charge on any atom is 0.109 e. The summed E-state index contributed by atoms with van der Waals surface area (Å²) in [5.74, 6) is 0. The van der Waals surface area contributed by atoms with Crippen LogP contribution in [0.2, 0.25) is 0 Å². The molecule has 3 N–H and O–H groups in total. The smallest absolute Gasteiger partial charge is 0.109 e. The molecule has 2 unspecified atom stereocenters. The number of hydrogen-bond donors (Lipinski definition) is 2. The first kappa shape index (κ1) is 14.6. The van der Waals surface area contributed by atoms with Crippen molar-refractivity contribution >= 4 is 11.3 Å². The number of ether oxygens (including phenoxy) is 1. The van der Waals surface area contributed by atoms with Crippen LogP contribution in [0.1, 0.15) is 37.7 Å². The molecule has 0 saturated carbocycles. The molecule has 1 heterocycles. The first-order valence-electron chi connectivity index (χ1n) is 6.26. The standard InChI is InChI=1S/C12H23N3OS/c1-3-11(12-15-7-8-17-12)14-6-5-10(9-13)16-4-2/h7-8,10-11,14H,3-6,9,13H2,1-2H3. The van der Waals surface area contributed by atoms with Gasteiger partial charge in [-0.25, -0.2) is 4.98 Å². The molecule has 0 radical (unpaired) electrons. The van der Waals surface area contributed by atoms with Gasteiger partial charge in [0.2, 0.25) is 0 Å². The van der Waals surface area contributed by atoms with Gasteiger partial charge in [0.1, 0.15) is 5.01 Å². The number of aromatic nitrogens is 1. The van der Waals surface area contributed by atoms with Crippen LogP contribution in [0.25, 0.3) is 0 Å². The van der Waals surface area contributed by atoms with Gasteiger partial charge in [-0.1, -0.05) is 6.92 Å². The van der Waals surface area contributed by atoms with Crippen molar-refractivity contribution in [3.05, 3.63) is 16.6 Å². The number of thiazole rings is 1. The van der Waals surface area contributed by atoms with E-state index in [1.54, 1.807) is 11.3 Å². The average molecular weight is 257 g/mol. The molecule has 17 heavy (non-hydrogen) atoms. The molecule has 5 heteroatoms. The van der Waals surface area contributed by atoms with Crippen molar-refractivity contribution in [1.29, 1.82) is 0 Å². The van der Waals surface area contributed by atoms with Crippen molar-refractivity contribution < 1.29 is 4.74 Å². The second-order valence-electron chi connectivity index (χ2n) is 3.89. The van der Waals surface area contributed by atoms with Gasteiger partial charge in [-0.2, -0.15) is 0 Å². The number of nitrogens with two attached hydrogens (primary N) is 1. The largest absolute Gasteiger partial charge is 0.377 e. The molecule has 4 nitrogen and oxygen atoms in total. The number of hydrogen-bond acceptors (Lipinski definition) is 5. The maximum atomic E-state index is 5.64. The number of rotatable bonds is 9. The molecule has 0 aliphatic heterocycles. The topological polar surface area (TPSA) is 60.2 Å². The highest BCUT2D eigenvalue weighted by Crippen LogP contribution is 2.18. The zero-order valence-corrected chi connectivity index (χ0v) is 11.5. The molecule has 1 aromatic heterocycles. The summed E-state index contributed by atoms with van der Waals surface area (Å²) in [4.78, 5) is 4.34. The van der Waals surface area contributed by atoms with E-state index in [2.05, 4.69) is 17.2 Å². The van der Waals surface area contributed by atoms with Gasteiger partial charge in [0, 0.05) is 24.7 Å². The quantitative estimate of drug-likeness (QED) is 0.710. The Balaban J connectivity index is 2.28. The first-order chi connectivity index (χ1) is 8.31. The van der Waals surface area contributed by atoms with E-state index in [1.807, 2.05) is 18.5 Å². The van der Waals surface area contributed by atoms with Crippen LogP contribution in [0.4, 0.5) is 0 Å². The molecule has 98 valence electrons. The Hall–Kier alpha value is -0.490. The Bertz CT molecular complexity index is 279. The third kappa shape index (κ3) is 5.12. The van der Waals surface area contributed by atoms with Crippen LogP contribution in [0, 0.1) is 0 Å². The Kier molecular flexibility index (Phi) is 7.35. The zero-order valence-electron chi connectivity index (χ0n) is 10.7. The van der Waals surface area contributed by atoms with Crippen molar-refractivity contribution in [3.63, 3.8) is 0 Å². The molecule has 0 fully saturated rings.